The highest BCUT2D eigenvalue weighted by molar-refractivity contribution is 6.46. The molecule has 0 bridgehead atoms. The zero-order valence-corrected chi connectivity index (χ0v) is 18.3. The van der Waals surface area contributed by atoms with Crippen molar-refractivity contribution in [1.29, 1.82) is 0 Å². The number of Topliss-reactive ketones (excluding diaryl/α,β-unsaturated/α-hetero) is 1. The Morgan fingerprint density at radius 2 is 1.62 bits per heavy atom. The first kappa shape index (κ1) is 22.8. The SMILES string of the molecule is CCOC(=O)c1ccc(CN2C(=O)C(=O)/C(=C(/O)c3ccc(F)cc3)C2c2ccncc2)cc1. The molecule has 1 aromatic heterocycles. The first-order valence-corrected chi connectivity index (χ1v) is 10.6. The van der Waals surface area contributed by atoms with Gasteiger partial charge in [-0.25, -0.2) is 9.18 Å². The van der Waals surface area contributed by atoms with E-state index in [1.807, 2.05) is 0 Å². The molecule has 1 aliphatic rings. The fraction of sp³-hybridized carbons (Fsp3) is 0.154. The van der Waals surface area contributed by atoms with E-state index in [0.717, 1.165) is 12.1 Å². The van der Waals surface area contributed by atoms with Crippen molar-refractivity contribution in [3.8, 4) is 0 Å². The molecule has 1 amide bonds. The van der Waals surface area contributed by atoms with Crippen molar-refractivity contribution in [3.05, 3.63) is 107 Å². The Morgan fingerprint density at radius 3 is 2.24 bits per heavy atom. The van der Waals surface area contributed by atoms with Crippen LogP contribution in [0.15, 0.2) is 78.6 Å². The van der Waals surface area contributed by atoms with Crippen molar-refractivity contribution < 1.29 is 28.6 Å². The van der Waals surface area contributed by atoms with Crippen molar-refractivity contribution in [2.45, 2.75) is 19.5 Å². The number of nitrogens with zero attached hydrogens (tertiary/aromatic N) is 2. The number of carbonyl (C=O) groups excluding carboxylic acids is 3. The van der Waals surface area contributed by atoms with Crippen molar-refractivity contribution in [2.24, 2.45) is 0 Å². The number of amides is 1. The van der Waals surface area contributed by atoms with Crippen LogP contribution in [-0.2, 0) is 20.9 Å². The molecule has 7 nitrogen and oxygen atoms in total. The third-order valence-corrected chi connectivity index (χ3v) is 5.50. The molecule has 0 radical (unpaired) electrons. The summed E-state index contributed by atoms with van der Waals surface area (Å²) < 4.78 is 18.4. The smallest absolute Gasteiger partial charge is 0.338 e. The number of hydrogen-bond donors (Lipinski definition) is 1. The Bertz CT molecular complexity index is 1250. The van der Waals surface area contributed by atoms with Crippen LogP contribution >= 0.6 is 0 Å². The largest absolute Gasteiger partial charge is 0.507 e. The molecule has 2 heterocycles. The minimum atomic E-state index is -0.877. The van der Waals surface area contributed by atoms with Gasteiger partial charge in [-0.1, -0.05) is 12.1 Å². The molecular formula is C26H21FN2O5. The molecule has 4 rings (SSSR count). The summed E-state index contributed by atoms with van der Waals surface area (Å²) in [6, 6.07) is 14.0. The average Bonchev–Trinajstić information content (AvgIpc) is 3.10. The molecule has 172 valence electrons. The van der Waals surface area contributed by atoms with Gasteiger partial charge in [-0.3, -0.25) is 14.6 Å². The molecule has 0 spiro atoms. The fourth-order valence-corrected chi connectivity index (χ4v) is 3.86. The number of aromatic nitrogens is 1. The van der Waals surface area contributed by atoms with Gasteiger partial charge in [-0.15, -0.1) is 0 Å². The second-order valence-corrected chi connectivity index (χ2v) is 7.63. The number of aliphatic hydroxyl groups excluding tert-OH is 1. The van der Waals surface area contributed by atoms with Crippen LogP contribution in [0.5, 0.6) is 0 Å². The molecule has 1 N–H and O–H groups in total. The summed E-state index contributed by atoms with van der Waals surface area (Å²) in [4.78, 5) is 43.3. The number of benzene rings is 2. The van der Waals surface area contributed by atoms with Gasteiger partial charge in [0.15, 0.2) is 0 Å². The quantitative estimate of drug-likeness (QED) is 0.258. The number of ether oxygens (including phenoxy) is 1. The molecule has 1 saturated heterocycles. The van der Waals surface area contributed by atoms with E-state index in [1.54, 1.807) is 43.3 Å². The van der Waals surface area contributed by atoms with E-state index < -0.39 is 29.5 Å². The Labute approximate surface area is 195 Å². The third-order valence-electron chi connectivity index (χ3n) is 5.50. The topological polar surface area (TPSA) is 96.8 Å². The van der Waals surface area contributed by atoms with E-state index >= 15 is 0 Å². The second kappa shape index (κ2) is 9.66. The molecular weight excluding hydrogens is 439 g/mol. The molecule has 3 aromatic rings. The molecule has 1 aliphatic heterocycles. The zero-order valence-electron chi connectivity index (χ0n) is 18.3. The van der Waals surface area contributed by atoms with Crippen LogP contribution in [0.2, 0.25) is 0 Å². The van der Waals surface area contributed by atoms with Crippen LogP contribution in [-0.4, -0.2) is 39.3 Å². The first-order chi connectivity index (χ1) is 16.4. The first-order valence-electron chi connectivity index (χ1n) is 10.6. The summed E-state index contributed by atoms with van der Waals surface area (Å²) in [5.74, 6) is -2.95. The summed E-state index contributed by atoms with van der Waals surface area (Å²) in [5.41, 5.74) is 1.76. The second-order valence-electron chi connectivity index (χ2n) is 7.63. The molecule has 8 heteroatoms. The van der Waals surface area contributed by atoms with Crippen LogP contribution in [0.25, 0.3) is 5.76 Å². The Balaban J connectivity index is 1.74. The van der Waals surface area contributed by atoms with Crippen LogP contribution in [0.4, 0.5) is 4.39 Å². The number of likely N-dealkylation sites (tertiary alicyclic amines) is 1. The van der Waals surface area contributed by atoms with Crippen molar-refractivity contribution in [1.82, 2.24) is 9.88 Å². The van der Waals surface area contributed by atoms with E-state index in [0.29, 0.717) is 16.7 Å². The lowest BCUT2D eigenvalue weighted by Gasteiger charge is -2.25. The summed E-state index contributed by atoms with van der Waals surface area (Å²) in [6.07, 6.45) is 3.06. The van der Waals surface area contributed by atoms with Gasteiger partial charge >= 0.3 is 5.97 Å². The van der Waals surface area contributed by atoms with Crippen LogP contribution in [0.3, 0.4) is 0 Å². The normalized spacial score (nSPS) is 17.1. The van der Waals surface area contributed by atoms with Gasteiger partial charge in [-0.05, 0) is 66.6 Å². The standard InChI is InChI=1S/C26H21FN2O5/c1-2-34-26(33)19-5-3-16(4-6-19)15-29-22(17-11-13-28-14-12-17)21(24(31)25(29)32)23(30)18-7-9-20(27)10-8-18/h3-14,22,30H,2,15H2,1H3/b23-21+. The van der Waals surface area contributed by atoms with Crippen LogP contribution in [0, 0.1) is 5.82 Å². The van der Waals surface area contributed by atoms with E-state index in [2.05, 4.69) is 4.98 Å². The Hall–Kier alpha value is -4.33. The molecule has 1 fully saturated rings. The van der Waals surface area contributed by atoms with Crippen LogP contribution in [0.1, 0.15) is 40.0 Å². The van der Waals surface area contributed by atoms with Gasteiger partial charge in [0.2, 0.25) is 0 Å². The van der Waals surface area contributed by atoms with Crippen molar-refractivity contribution in [3.63, 3.8) is 0 Å². The highest BCUT2D eigenvalue weighted by Crippen LogP contribution is 2.40. The van der Waals surface area contributed by atoms with Gasteiger partial charge in [-0.2, -0.15) is 0 Å². The van der Waals surface area contributed by atoms with Crippen molar-refractivity contribution in [2.75, 3.05) is 6.61 Å². The molecule has 1 atom stereocenters. The monoisotopic (exact) mass is 460 g/mol. The number of halogens is 1. The maximum Gasteiger partial charge on any atom is 0.338 e. The number of esters is 1. The molecule has 0 aliphatic carbocycles. The summed E-state index contributed by atoms with van der Waals surface area (Å²) >= 11 is 0. The Morgan fingerprint density at radius 1 is 1.00 bits per heavy atom. The highest BCUT2D eigenvalue weighted by atomic mass is 19.1. The van der Waals surface area contributed by atoms with Gasteiger partial charge in [0.25, 0.3) is 11.7 Å². The molecule has 2 aromatic carbocycles. The third kappa shape index (κ3) is 4.43. The van der Waals surface area contributed by atoms with E-state index in [9.17, 15) is 23.9 Å². The van der Waals surface area contributed by atoms with E-state index in [1.165, 1.54) is 29.4 Å². The van der Waals surface area contributed by atoms with E-state index in [-0.39, 0.29) is 30.0 Å². The number of rotatable bonds is 6. The lowest BCUT2D eigenvalue weighted by atomic mass is 9.96. The summed E-state index contributed by atoms with van der Waals surface area (Å²) in [7, 11) is 0. The zero-order chi connectivity index (χ0) is 24.2. The lowest BCUT2D eigenvalue weighted by molar-refractivity contribution is -0.140. The highest BCUT2D eigenvalue weighted by Gasteiger charge is 2.46. The summed E-state index contributed by atoms with van der Waals surface area (Å²) in [6.45, 7) is 2.03. The number of hydrogen-bond acceptors (Lipinski definition) is 6. The fourth-order valence-electron chi connectivity index (χ4n) is 3.86. The average molecular weight is 460 g/mol. The molecule has 1 unspecified atom stereocenters. The minimum absolute atomic E-state index is 0.0564. The summed E-state index contributed by atoms with van der Waals surface area (Å²) in [5, 5.41) is 11.0. The van der Waals surface area contributed by atoms with Crippen molar-refractivity contribution >= 4 is 23.4 Å². The number of carbonyl (C=O) groups is 3. The van der Waals surface area contributed by atoms with E-state index in [4.69, 9.17) is 4.74 Å². The Kier molecular flexibility index (Phi) is 6.49. The predicted octanol–water partition coefficient (Wildman–Crippen LogP) is 4.02. The van der Waals surface area contributed by atoms with Crippen LogP contribution < -0.4 is 0 Å². The minimum Gasteiger partial charge on any atom is -0.507 e. The maximum atomic E-state index is 13.4. The van der Waals surface area contributed by atoms with Gasteiger partial charge < -0.3 is 14.7 Å². The number of ketones is 1. The predicted molar refractivity (Wildman–Crippen MR) is 121 cm³/mol. The van der Waals surface area contributed by atoms with Gasteiger partial charge in [0.1, 0.15) is 11.6 Å². The maximum absolute atomic E-state index is 13.4. The molecule has 34 heavy (non-hydrogen) atoms. The number of pyridine rings is 1. The van der Waals surface area contributed by atoms with Gasteiger partial charge in [0, 0.05) is 24.5 Å². The van der Waals surface area contributed by atoms with Gasteiger partial charge in [0.05, 0.1) is 23.8 Å². The number of aliphatic hydroxyl groups is 1. The molecule has 0 saturated carbocycles. The lowest BCUT2D eigenvalue weighted by Crippen LogP contribution is -2.29.